The molecule has 41 heavy (non-hydrogen) atoms. The van der Waals surface area contributed by atoms with Gasteiger partial charge in [0.05, 0.1) is 12.0 Å². The Morgan fingerprint density at radius 1 is 1.24 bits per heavy atom. The molecule has 0 spiro atoms. The van der Waals surface area contributed by atoms with Gasteiger partial charge in [0.2, 0.25) is 17.4 Å². The van der Waals surface area contributed by atoms with Crippen molar-refractivity contribution in [3.8, 4) is 0 Å². The normalized spacial score (nSPS) is 16.5. The zero-order valence-corrected chi connectivity index (χ0v) is 23.2. The van der Waals surface area contributed by atoms with E-state index in [2.05, 4.69) is 30.8 Å². The fourth-order valence-corrected chi connectivity index (χ4v) is 3.87. The third-order valence-electron chi connectivity index (χ3n) is 5.36. The number of carbonyl (C=O) groups excluding carboxylic acids is 5. The van der Waals surface area contributed by atoms with Crippen LogP contribution < -0.4 is 16.0 Å². The molecule has 1 aromatic heterocycles. The molecule has 0 bridgehead atoms. The van der Waals surface area contributed by atoms with E-state index < -0.39 is 58.0 Å². The van der Waals surface area contributed by atoms with Crippen LogP contribution in [0, 0.1) is 10.1 Å². The van der Waals surface area contributed by atoms with Crippen molar-refractivity contribution in [2.75, 3.05) is 18.3 Å². The van der Waals surface area contributed by atoms with Gasteiger partial charge >= 0.3 is 11.9 Å². The predicted octanol–water partition coefficient (Wildman–Crippen LogP) is 0.628. The lowest BCUT2D eigenvalue weighted by Crippen LogP contribution is -2.72. The Kier molecular flexibility index (Phi) is 9.90. The van der Waals surface area contributed by atoms with Crippen molar-refractivity contribution in [2.45, 2.75) is 38.1 Å². The Balaban J connectivity index is 1.78. The highest BCUT2D eigenvalue weighted by molar-refractivity contribution is 7.14. The molecule has 1 aliphatic heterocycles. The standard InChI is InChI=1S/C23H23ClN6O10S/c1-23(2,21(35)39-9-11-4-6-12(7-5-11)30(36)37)40-29-15(13-10-41-22(25-13)26-14(31)8-24)18(32)27-16-17(20(34)38-3)28-19(16)33/h4-7,10,16-17H,8-9H2,1-3H3,(H,27,32)(H,28,33)(H,25,26,31). The van der Waals surface area contributed by atoms with Crippen LogP contribution in [0.2, 0.25) is 0 Å². The molecule has 3 amide bonds. The summed E-state index contributed by atoms with van der Waals surface area (Å²) in [5.74, 6) is -4.23. The maximum atomic E-state index is 13.1. The molecule has 3 N–H and O–H groups in total. The highest BCUT2D eigenvalue weighted by Crippen LogP contribution is 2.20. The second kappa shape index (κ2) is 13.1. The van der Waals surface area contributed by atoms with E-state index >= 15 is 0 Å². The molecule has 1 aliphatic rings. The molecule has 3 rings (SSSR count). The van der Waals surface area contributed by atoms with Crippen LogP contribution in [0.1, 0.15) is 25.1 Å². The molecule has 18 heteroatoms. The van der Waals surface area contributed by atoms with Crippen LogP contribution in [0.25, 0.3) is 0 Å². The van der Waals surface area contributed by atoms with Gasteiger partial charge in [0, 0.05) is 17.5 Å². The number of non-ortho nitro benzene ring substituents is 1. The lowest BCUT2D eigenvalue weighted by atomic mass is 9.99. The van der Waals surface area contributed by atoms with E-state index in [1.807, 2.05) is 0 Å². The zero-order chi connectivity index (χ0) is 30.3. The lowest BCUT2D eigenvalue weighted by Gasteiger charge is -2.34. The summed E-state index contributed by atoms with van der Waals surface area (Å²) in [7, 11) is 1.11. The number of alkyl halides is 1. The zero-order valence-electron chi connectivity index (χ0n) is 21.7. The van der Waals surface area contributed by atoms with Crippen LogP contribution in [-0.2, 0) is 44.9 Å². The number of carbonyl (C=O) groups is 5. The molecule has 0 aliphatic carbocycles. The summed E-state index contributed by atoms with van der Waals surface area (Å²) in [5, 5.41) is 23.1. The molecule has 218 valence electrons. The quantitative estimate of drug-likeness (QED) is 0.0755. The number of anilines is 1. The van der Waals surface area contributed by atoms with E-state index in [0.29, 0.717) is 5.56 Å². The summed E-state index contributed by atoms with van der Waals surface area (Å²) in [6.45, 7) is 2.39. The van der Waals surface area contributed by atoms with E-state index in [1.165, 1.54) is 43.5 Å². The molecule has 2 heterocycles. The number of thiazole rings is 1. The summed E-state index contributed by atoms with van der Waals surface area (Å²) < 4.78 is 9.83. The van der Waals surface area contributed by atoms with E-state index in [0.717, 1.165) is 18.4 Å². The number of halogens is 1. The smallest absolute Gasteiger partial charge is 0.353 e. The molecule has 2 atom stereocenters. The van der Waals surface area contributed by atoms with Crippen molar-refractivity contribution >= 4 is 69.1 Å². The Labute approximate surface area is 240 Å². The number of hydrogen-bond donors (Lipinski definition) is 3. The van der Waals surface area contributed by atoms with Gasteiger partial charge in [-0.2, -0.15) is 0 Å². The fourth-order valence-electron chi connectivity index (χ4n) is 3.09. The Hall–Kier alpha value is -4.64. The number of β-lactam (4-membered cyclic amide) rings is 1. The van der Waals surface area contributed by atoms with Crippen molar-refractivity contribution in [3.05, 3.63) is 51.0 Å². The summed E-state index contributed by atoms with van der Waals surface area (Å²) >= 11 is 6.42. The Morgan fingerprint density at radius 3 is 2.51 bits per heavy atom. The number of nitro benzene ring substituents is 1. The van der Waals surface area contributed by atoms with E-state index in [1.54, 1.807) is 0 Å². The molecule has 1 fully saturated rings. The van der Waals surface area contributed by atoms with Gasteiger partial charge in [-0.05, 0) is 31.5 Å². The summed E-state index contributed by atoms with van der Waals surface area (Å²) in [4.78, 5) is 81.0. The number of amides is 3. The SMILES string of the molecule is COC(=O)C1NC(=O)C1NC(=O)C(=NOC(C)(C)C(=O)OCc1ccc([N+](=O)[O-])cc1)c1csc(NC(=O)CCl)n1. The molecular weight excluding hydrogens is 588 g/mol. The van der Waals surface area contributed by atoms with Crippen molar-refractivity contribution in [1.82, 2.24) is 15.6 Å². The lowest BCUT2D eigenvalue weighted by molar-refractivity contribution is -0.384. The number of methoxy groups -OCH3 is 1. The van der Waals surface area contributed by atoms with Crippen molar-refractivity contribution in [3.63, 3.8) is 0 Å². The van der Waals surface area contributed by atoms with Gasteiger partial charge < -0.3 is 30.3 Å². The number of rotatable bonds is 12. The second-order valence-corrected chi connectivity index (χ2v) is 9.85. The number of ether oxygens (including phenoxy) is 2. The number of oxime groups is 1. The largest absolute Gasteiger partial charge is 0.467 e. The van der Waals surface area contributed by atoms with Gasteiger partial charge in [-0.3, -0.25) is 24.5 Å². The predicted molar refractivity (Wildman–Crippen MR) is 142 cm³/mol. The van der Waals surface area contributed by atoms with Crippen molar-refractivity contribution < 1.29 is 43.2 Å². The Morgan fingerprint density at radius 2 is 1.93 bits per heavy atom. The van der Waals surface area contributed by atoms with Crippen LogP contribution in [0.15, 0.2) is 34.8 Å². The van der Waals surface area contributed by atoms with E-state index in [-0.39, 0.29) is 29.0 Å². The van der Waals surface area contributed by atoms with Gasteiger partial charge in [0.25, 0.3) is 11.6 Å². The minimum absolute atomic E-state index is 0.0711. The maximum Gasteiger partial charge on any atom is 0.353 e. The summed E-state index contributed by atoms with van der Waals surface area (Å²) in [5.41, 5.74) is -2.00. The van der Waals surface area contributed by atoms with E-state index in [4.69, 9.17) is 21.2 Å². The molecular formula is C23H23ClN6O10S. The number of nitrogens with one attached hydrogen (secondary N) is 3. The average molecular weight is 611 g/mol. The van der Waals surface area contributed by atoms with Crippen molar-refractivity contribution in [1.29, 1.82) is 0 Å². The molecule has 16 nitrogen and oxygen atoms in total. The highest BCUT2D eigenvalue weighted by atomic mass is 35.5. The maximum absolute atomic E-state index is 13.1. The molecule has 0 radical (unpaired) electrons. The minimum Gasteiger partial charge on any atom is -0.467 e. The molecule has 2 aromatic rings. The average Bonchev–Trinajstić information content (AvgIpc) is 3.40. The monoisotopic (exact) mass is 610 g/mol. The van der Waals surface area contributed by atoms with Gasteiger partial charge in [0.1, 0.15) is 24.2 Å². The topological polar surface area (TPSA) is 218 Å². The first-order valence-corrected chi connectivity index (χ1v) is 12.9. The van der Waals surface area contributed by atoms with Crippen LogP contribution >= 0.6 is 22.9 Å². The van der Waals surface area contributed by atoms with E-state index in [9.17, 15) is 34.1 Å². The number of aromatic nitrogens is 1. The number of esters is 2. The summed E-state index contributed by atoms with van der Waals surface area (Å²) in [6, 6.07) is 2.92. The van der Waals surface area contributed by atoms with Gasteiger partial charge in [-0.1, -0.05) is 5.16 Å². The van der Waals surface area contributed by atoms with Crippen LogP contribution in [-0.4, -0.2) is 76.0 Å². The minimum atomic E-state index is -1.75. The first kappa shape index (κ1) is 30.9. The number of nitrogens with zero attached hydrogens (tertiary/aromatic N) is 3. The van der Waals surface area contributed by atoms with Crippen LogP contribution in [0.3, 0.4) is 0 Å². The number of nitro groups is 1. The third kappa shape index (κ3) is 7.73. The van der Waals surface area contributed by atoms with Gasteiger partial charge in [0.15, 0.2) is 16.9 Å². The first-order chi connectivity index (χ1) is 19.4. The number of benzene rings is 1. The molecule has 1 aromatic carbocycles. The molecule has 0 saturated carbocycles. The fraction of sp³-hybridized carbons (Fsp3) is 0.348. The van der Waals surface area contributed by atoms with Crippen molar-refractivity contribution in [2.24, 2.45) is 5.16 Å². The first-order valence-electron chi connectivity index (χ1n) is 11.5. The molecule has 2 unspecified atom stereocenters. The second-order valence-electron chi connectivity index (χ2n) is 8.72. The van der Waals surface area contributed by atoms with Crippen LogP contribution in [0.4, 0.5) is 10.8 Å². The van der Waals surface area contributed by atoms with Gasteiger partial charge in [-0.25, -0.2) is 14.6 Å². The molecule has 1 saturated heterocycles. The van der Waals surface area contributed by atoms with Crippen LogP contribution in [0.5, 0.6) is 0 Å². The number of hydrogen-bond acceptors (Lipinski definition) is 13. The van der Waals surface area contributed by atoms with Gasteiger partial charge in [-0.15, -0.1) is 22.9 Å². The highest BCUT2D eigenvalue weighted by Gasteiger charge is 2.46. The Bertz CT molecular complexity index is 1390. The summed E-state index contributed by atoms with van der Waals surface area (Å²) in [6.07, 6.45) is 0. The third-order valence-corrected chi connectivity index (χ3v) is 6.36.